The van der Waals surface area contributed by atoms with Gasteiger partial charge in [-0.2, -0.15) is 9.78 Å². The maximum absolute atomic E-state index is 12.0. The smallest absolute Gasteiger partial charge is 0.331 e. The maximum atomic E-state index is 12.0. The molecule has 4 nitrogen and oxygen atoms in total. The van der Waals surface area contributed by atoms with E-state index in [9.17, 15) is 4.79 Å². The highest BCUT2D eigenvalue weighted by atomic mass is 16.2. The van der Waals surface area contributed by atoms with Crippen LogP contribution in [0, 0.1) is 13.8 Å². The first-order valence-corrected chi connectivity index (χ1v) is 5.71. The van der Waals surface area contributed by atoms with Gasteiger partial charge in [0.25, 0.3) is 0 Å². The number of hydrogen-bond donors (Lipinski definition) is 1. The fraction of sp³-hybridized carbons (Fsp3) is 0.667. The van der Waals surface area contributed by atoms with E-state index >= 15 is 0 Å². The molecule has 1 aromatic heterocycles. The second-order valence-corrected chi connectivity index (χ2v) is 4.90. The topological polar surface area (TPSA) is 46.9 Å². The number of nitrogens with zero attached hydrogens (tertiary/aromatic N) is 2. The van der Waals surface area contributed by atoms with Crippen molar-refractivity contribution in [3.63, 3.8) is 0 Å². The number of aromatic nitrogens is 2. The number of hydrogen-bond acceptors (Lipinski definition) is 2. The van der Waals surface area contributed by atoms with Gasteiger partial charge >= 0.3 is 6.03 Å². The summed E-state index contributed by atoms with van der Waals surface area (Å²) in [4.78, 5) is 12.0. The van der Waals surface area contributed by atoms with E-state index in [2.05, 4.69) is 17.3 Å². The van der Waals surface area contributed by atoms with Crippen LogP contribution in [0.1, 0.15) is 45.0 Å². The van der Waals surface area contributed by atoms with Crippen molar-refractivity contribution in [1.82, 2.24) is 15.1 Å². The Hall–Kier alpha value is -1.32. The zero-order chi connectivity index (χ0) is 12.3. The third-order valence-corrected chi connectivity index (χ3v) is 2.52. The molecule has 0 saturated carbocycles. The average molecular weight is 223 g/mol. The average Bonchev–Trinajstić information content (AvgIpc) is 2.44. The summed E-state index contributed by atoms with van der Waals surface area (Å²) in [6.07, 6.45) is 2.00. The van der Waals surface area contributed by atoms with Crippen molar-refractivity contribution in [3.8, 4) is 0 Å². The zero-order valence-electron chi connectivity index (χ0n) is 10.8. The van der Waals surface area contributed by atoms with Crippen molar-refractivity contribution >= 4 is 6.03 Å². The molecule has 90 valence electrons. The van der Waals surface area contributed by atoms with Crippen molar-refractivity contribution < 1.29 is 4.79 Å². The Kier molecular flexibility index (Phi) is 3.73. The number of carbonyl (C=O) groups excluding carboxylic acids is 1. The van der Waals surface area contributed by atoms with Crippen LogP contribution < -0.4 is 5.32 Å². The lowest BCUT2D eigenvalue weighted by molar-refractivity contribution is 0.225. The van der Waals surface area contributed by atoms with Gasteiger partial charge in [0, 0.05) is 11.2 Å². The lowest BCUT2D eigenvalue weighted by atomic mass is 9.99. The molecular formula is C12H21N3O. The van der Waals surface area contributed by atoms with E-state index in [-0.39, 0.29) is 11.6 Å². The molecule has 1 N–H and O–H groups in total. The van der Waals surface area contributed by atoms with Crippen molar-refractivity contribution in [2.24, 2.45) is 0 Å². The standard InChI is InChI=1S/C12H21N3O/c1-6-7-12(4,5)13-11(16)15-10(3)8-9(2)14-15/h8H,6-7H2,1-5H3,(H,13,16). The third-order valence-electron chi connectivity index (χ3n) is 2.52. The Morgan fingerprint density at radius 2 is 2.12 bits per heavy atom. The summed E-state index contributed by atoms with van der Waals surface area (Å²) >= 11 is 0. The number of rotatable bonds is 3. The molecule has 4 heteroatoms. The van der Waals surface area contributed by atoms with E-state index in [1.54, 1.807) is 0 Å². The monoisotopic (exact) mass is 223 g/mol. The predicted molar refractivity (Wildman–Crippen MR) is 64.6 cm³/mol. The van der Waals surface area contributed by atoms with E-state index in [4.69, 9.17) is 0 Å². The Morgan fingerprint density at radius 1 is 1.50 bits per heavy atom. The number of amides is 1. The van der Waals surface area contributed by atoms with Crippen LogP contribution in [0.15, 0.2) is 6.07 Å². The highest BCUT2D eigenvalue weighted by molar-refractivity contribution is 5.77. The van der Waals surface area contributed by atoms with Gasteiger partial charge in [0.1, 0.15) is 0 Å². The lowest BCUT2D eigenvalue weighted by Gasteiger charge is -2.25. The molecule has 0 bridgehead atoms. The third kappa shape index (κ3) is 3.08. The van der Waals surface area contributed by atoms with Crippen molar-refractivity contribution in [3.05, 3.63) is 17.5 Å². The van der Waals surface area contributed by atoms with Crippen LogP contribution in [0.3, 0.4) is 0 Å². The van der Waals surface area contributed by atoms with Crippen LogP contribution in [0.5, 0.6) is 0 Å². The summed E-state index contributed by atoms with van der Waals surface area (Å²) in [5.74, 6) is 0. The van der Waals surface area contributed by atoms with E-state index < -0.39 is 0 Å². The summed E-state index contributed by atoms with van der Waals surface area (Å²) in [5.41, 5.74) is 1.54. The molecule has 0 aliphatic rings. The number of nitrogens with one attached hydrogen (secondary N) is 1. The van der Waals surface area contributed by atoms with Gasteiger partial charge in [-0.05, 0) is 40.2 Å². The molecule has 1 amide bonds. The Morgan fingerprint density at radius 3 is 2.56 bits per heavy atom. The lowest BCUT2D eigenvalue weighted by Crippen LogP contribution is -2.45. The van der Waals surface area contributed by atoms with E-state index in [0.29, 0.717) is 0 Å². The molecule has 0 unspecified atom stereocenters. The summed E-state index contributed by atoms with van der Waals surface area (Å²) in [6, 6.07) is 1.75. The van der Waals surface area contributed by atoms with Crippen LogP contribution in [0.4, 0.5) is 4.79 Å². The molecule has 0 aliphatic heterocycles. The van der Waals surface area contributed by atoms with Crippen LogP contribution in [-0.4, -0.2) is 21.4 Å². The Labute approximate surface area is 97.0 Å². The molecule has 1 rings (SSSR count). The Bertz CT molecular complexity index is 380. The number of carbonyl (C=O) groups is 1. The molecule has 0 fully saturated rings. The highest BCUT2D eigenvalue weighted by Gasteiger charge is 2.21. The molecule has 1 aromatic rings. The van der Waals surface area contributed by atoms with Gasteiger partial charge in [0.05, 0.1) is 5.69 Å². The second kappa shape index (κ2) is 4.68. The van der Waals surface area contributed by atoms with E-state index in [1.165, 1.54) is 4.68 Å². The quantitative estimate of drug-likeness (QED) is 0.856. The molecule has 0 saturated heterocycles. The minimum atomic E-state index is -0.182. The van der Waals surface area contributed by atoms with Crippen molar-refractivity contribution in [2.75, 3.05) is 0 Å². The molecular weight excluding hydrogens is 202 g/mol. The van der Waals surface area contributed by atoms with Gasteiger partial charge in [-0.3, -0.25) is 0 Å². The second-order valence-electron chi connectivity index (χ2n) is 4.90. The number of aryl methyl sites for hydroxylation is 2. The first-order chi connectivity index (χ1) is 7.35. The fourth-order valence-corrected chi connectivity index (χ4v) is 1.86. The largest absolute Gasteiger partial charge is 0.342 e. The summed E-state index contributed by atoms with van der Waals surface area (Å²) in [6.45, 7) is 9.93. The maximum Gasteiger partial charge on any atom is 0.342 e. The van der Waals surface area contributed by atoms with Crippen LogP contribution in [0.2, 0.25) is 0 Å². The fourth-order valence-electron chi connectivity index (χ4n) is 1.86. The molecule has 0 aromatic carbocycles. The highest BCUT2D eigenvalue weighted by Crippen LogP contribution is 2.11. The predicted octanol–water partition coefficient (Wildman–Crippen LogP) is 2.64. The molecule has 0 atom stereocenters. The van der Waals surface area contributed by atoms with Gasteiger partial charge in [0.15, 0.2) is 0 Å². The molecule has 1 heterocycles. The van der Waals surface area contributed by atoms with Gasteiger partial charge in [-0.1, -0.05) is 13.3 Å². The van der Waals surface area contributed by atoms with Crippen molar-refractivity contribution in [2.45, 2.75) is 53.0 Å². The van der Waals surface area contributed by atoms with Gasteiger partial charge < -0.3 is 5.32 Å². The minimum absolute atomic E-state index is 0.149. The first kappa shape index (κ1) is 12.7. The SMILES string of the molecule is CCCC(C)(C)NC(=O)n1nc(C)cc1C. The summed E-state index contributed by atoms with van der Waals surface area (Å²) in [5, 5.41) is 7.15. The first-order valence-electron chi connectivity index (χ1n) is 5.71. The van der Waals surface area contributed by atoms with Crippen molar-refractivity contribution in [1.29, 1.82) is 0 Å². The van der Waals surface area contributed by atoms with Crippen LogP contribution >= 0.6 is 0 Å². The van der Waals surface area contributed by atoms with E-state index in [0.717, 1.165) is 24.2 Å². The summed E-state index contributed by atoms with van der Waals surface area (Å²) < 4.78 is 1.42. The van der Waals surface area contributed by atoms with Crippen LogP contribution in [-0.2, 0) is 0 Å². The van der Waals surface area contributed by atoms with Gasteiger partial charge in [0.2, 0.25) is 0 Å². The molecule has 16 heavy (non-hydrogen) atoms. The van der Waals surface area contributed by atoms with Crippen LogP contribution in [0.25, 0.3) is 0 Å². The zero-order valence-corrected chi connectivity index (χ0v) is 10.8. The van der Waals surface area contributed by atoms with Gasteiger partial charge in [-0.25, -0.2) is 4.79 Å². The molecule has 0 aliphatic carbocycles. The van der Waals surface area contributed by atoms with Gasteiger partial charge in [-0.15, -0.1) is 0 Å². The Balaban J connectivity index is 2.76. The normalized spacial score (nSPS) is 11.6. The molecule has 0 spiro atoms. The minimum Gasteiger partial charge on any atom is -0.331 e. The molecule has 0 radical (unpaired) electrons. The van der Waals surface area contributed by atoms with E-state index in [1.807, 2.05) is 33.8 Å². The summed E-state index contributed by atoms with van der Waals surface area (Å²) in [7, 11) is 0.